The van der Waals surface area contributed by atoms with Crippen LogP contribution in [0.2, 0.25) is 5.02 Å². The Labute approximate surface area is 194 Å². The van der Waals surface area contributed by atoms with Crippen molar-refractivity contribution in [2.24, 2.45) is 5.92 Å². The van der Waals surface area contributed by atoms with Crippen molar-refractivity contribution < 1.29 is 23.8 Å². The Balaban J connectivity index is 1.69. The minimum atomic E-state index is -0.945. The molecule has 0 unspecified atom stereocenters. The van der Waals surface area contributed by atoms with E-state index in [1.165, 1.54) is 18.3 Å². The molecule has 2 aliphatic rings. The van der Waals surface area contributed by atoms with Crippen molar-refractivity contribution in [2.45, 2.75) is 31.8 Å². The maximum absolute atomic E-state index is 14.1. The van der Waals surface area contributed by atoms with Gasteiger partial charge in [-0.25, -0.2) is 4.39 Å². The summed E-state index contributed by atoms with van der Waals surface area (Å²) in [6.45, 7) is 3.03. The van der Waals surface area contributed by atoms with E-state index in [-0.39, 0.29) is 34.3 Å². The molecule has 1 fully saturated rings. The van der Waals surface area contributed by atoms with Crippen molar-refractivity contribution in [3.05, 3.63) is 62.3 Å². The van der Waals surface area contributed by atoms with Gasteiger partial charge in [-0.15, -0.1) is 0 Å². The average Bonchev–Trinajstić information content (AvgIpc) is 2.77. The Morgan fingerprint density at radius 1 is 1.36 bits per heavy atom. The number of aromatic hydroxyl groups is 1. The third-order valence-electron chi connectivity index (χ3n) is 6.51. The maximum atomic E-state index is 14.1. The van der Waals surface area contributed by atoms with Gasteiger partial charge in [-0.1, -0.05) is 23.7 Å². The van der Waals surface area contributed by atoms with E-state index in [0.717, 1.165) is 0 Å². The normalized spacial score (nSPS) is 21.6. The first-order valence-electron chi connectivity index (χ1n) is 10.7. The molecule has 33 heavy (non-hydrogen) atoms. The molecule has 0 atom stereocenters. The van der Waals surface area contributed by atoms with E-state index in [1.807, 2.05) is 6.92 Å². The molecule has 1 aliphatic heterocycles. The Hall–Kier alpha value is -2.91. The number of halogens is 2. The van der Waals surface area contributed by atoms with Crippen LogP contribution in [0.4, 0.5) is 4.39 Å². The molecule has 2 N–H and O–H groups in total. The average molecular weight is 478 g/mol. The van der Waals surface area contributed by atoms with Gasteiger partial charge in [-0.2, -0.15) is 0 Å². The van der Waals surface area contributed by atoms with E-state index in [9.17, 15) is 23.9 Å². The first-order chi connectivity index (χ1) is 15.7. The van der Waals surface area contributed by atoms with Crippen LogP contribution in [0.1, 0.15) is 46.2 Å². The molecule has 0 radical (unpaired) electrons. The number of methoxy groups -OCH3 is 1. The van der Waals surface area contributed by atoms with Crippen LogP contribution in [0.5, 0.6) is 5.75 Å². The van der Waals surface area contributed by atoms with Gasteiger partial charge in [0.05, 0.1) is 10.6 Å². The summed E-state index contributed by atoms with van der Waals surface area (Å²) in [7, 11) is 1.62. The number of likely N-dealkylation sites (N-methyl/N-ethyl adjacent to an activating group) is 1. The summed E-state index contributed by atoms with van der Waals surface area (Å²) < 4.78 is 21.0. The Morgan fingerprint density at radius 3 is 2.76 bits per heavy atom. The highest BCUT2D eigenvalue weighted by atomic mass is 35.5. The number of carbonyl (C=O) groups excluding carboxylic acids is 2. The van der Waals surface area contributed by atoms with Crippen molar-refractivity contribution in [2.75, 3.05) is 26.8 Å². The van der Waals surface area contributed by atoms with Gasteiger partial charge in [0.25, 0.3) is 11.8 Å². The first-order valence-corrected chi connectivity index (χ1v) is 11.1. The molecule has 2 heterocycles. The number of hydrogen-bond acceptors (Lipinski definition) is 5. The second-order valence-electron chi connectivity index (χ2n) is 8.61. The van der Waals surface area contributed by atoms with Gasteiger partial charge in [0.15, 0.2) is 11.4 Å². The number of nitrogens with one attached hydrogen (secondary N) is 1. The fourth-order valence-corrected chi connectivity index (χ4v) is 5.09. The van der Waals surface area contributed by atoms with Gasteiger partial charge < -0.3 is 24.6 Å². The van der Waals surface area contributed by atoms with Crippen molar-refractivity contribution >= 4 is 23.4 Å². The number of carbonyl (C=O) groups is 2. The SMILES string of the molecule is CCN1C[C@]2(C[C@H](COC)C2)n2cc(C(=O)NCc3cccc(Cl)c3F)c(=O)c(O)c2C1=O. The molecule has 2 amide bonds. The molecule has 176 valence electrons. The van der Waals surface area contributed by atoms with Crippen LogP contribution in [-0.4, -0.2) is 53.2 Å². The van der Waals surface area contributed by atoms with Crippen LogP contribution in [0.3, 0.4) is 0 Å². The van der Waals surface area contributed by atoms with Gasteiger partial charge in [-0.05, 0) is 31.7 Å². The molecule has 2 aromatic rings. The van der Waals surface area contributed by atoms with Crippen LogP contribution in [0.25, 0.3) is 0 Å². The number of ether oxygens (including phenoxy) is 1. The predicted octanol–water partition coefficient (Wildman–Crippen LogP) is 2.50. The molecule has 1 aromatic heterocycles. The lowest BCUT2D eigenvalue weighted by atomic mass is 9.66. The zero-order chi connectivity index (χ0) is 23.9. The fourth-order valence-electron chi connectivity index (χ4n) is 4.90. The minimum Gasteiger partial charge on any atom is -0.503 e. The van der Waals surface area contributed by atoms with E-state index < -0.39 is 34.3 Å². The van der Waals surface area contributed by atoms with Crippen LogP contribution in [0, 0.1) is 11.7 Å². The molecule has 1 spiro atoms. The first kappa shape index (κ1) is 23.3. The van der Waals surface area contributed by atoms with Crippen molar-refractivity contribution in [1.82, 2.24) is 14.8 Å². The third kappa shape index (κ3) is 3.89. The van der Waals surface area contributed by atoms with Gasteiger partial charge in [0.1, 0.15) is 11.4 Å². The lowest BCUT2D eigenvalue weighted by Crippen LogP contribution is -2.61. The summed E-state index contributed by atoms with van der Waals surface area (Å²) in [5, 5.41) is 13.1. The summed E-state index contributed by atoms with van der Waals surface area (Å²) >= 11 is 5.78. The molecule has 1 aliphatic carbocycles. The van der Waals surface area contributed by atoms with Crippen LogP contribution < -0.4 is 10.7 Å². The van der Waals surface area contributed by atoms with Gasteiger partial charge >= 0.3 is 0 Å². The second kappa shape index (κ2) is 8.79. The van der Waals surface area contributed by atoms with Gasteiger partial charge in [0, 0.05) is 45.1 Å². The Bertz CT molecular complexity index is 1180. The monoisotopic (exact) mass is 477 g/mol. The van der Waals surface area contributed by atoms with E-state index in [1.54, 1.807) is 22.6 Å². The number of benzene rings is 1. The Kier molecular flexibility index (Phi) is 6.20. The highest BCUT2D eigenvalue weighted by molar-refractivity contribution is 6.30. The summed E-state index contributed by atoms with van der Waals surface area (Å²) in [4.78, 5) is 40.2. The van der Waals surface area contributed by atoms with Crippen molar-refractivity contribution in [3.8, 4) is 5.75 Å². The third-order valence-corrected chi connectivity index (χ3v) is 6.80. The van der Waals surface area contributed by atoms with Crippen LogP contribution in [-0.2, 0) is 16.8 Å². The van der Waals surface area contributed by atoms with E-state index in [0.29, 0.717) is 32.5 Å². The van der Waals surface area contributed by atoms with Crippen LogP contribution in [0.15, 0.2) is 29.2 Å². The van der Waals surface area contributed by atoms with Crippen LogP contribution >= 0.6 is 11.6 Å². The summed E-state index contributed by atoms with van der Waals surface area (Å²) in [6, 6.07) is 4.41. The fraction of sp³-hybridized carbons (Fsp3) is 0.435. The highest BCUT2D eigenvalue weighted by Gasteiger charge is 2.52. The van der Waals surface area contributed by atoms with Gasteiger partial charge in [-0.3, -0.25) is 14.4 Å². The summed E-state index contributed by atoms with van der Waals surface area (Å²) in [5.74, 6) is -2.39. The number of hydrogen-bond donors (Lipinski definition) is 2. The number of rotatable bonds is 6. The number of fused-ring (bicyclic) bond motifs is 2. The molecule has 1 saturated carbocycles. The summed E-state index contributed by atoms with van der Waals surface area (Å²) in [5.41, 5.74) is -1.75. The lowest BCUT2D eigenvalue weighted by Gasteiger charge is -2.54. The molecule has 8 nitrogen and oxygen atoms in total. The van der Waals surface area contributed by atoms with E-state index in [4.69, 9.17) is 16.3 Å². The van der Waals surface area contributed by atoms with E-state index in [2.05, 4.69) is 5.32 Å². The quantitative estimate of drug-likeness (QED) is 0.665. The largest absolute Gasteiger partial charge is 0.503 e. The molecular weight excluding hydrogens is 453 g/mol. The van der Waals surface area contributed by atoms with Crippen molar-refractivity contribution in [3.63, 3.8) is 0 Å². The molecule has 0 saturated heterocycles. The molecule has 1 aromatic carbocycles. The number of pyridine rings is 1. The minimum absolute atomic E-state index is 0.0789. The van der Waals surface area contributed by atoms with Gasteiger partial charge in [0.2, 0.25) is 5.43 Å². The standard InChI is InChI=1S/C23H25ClFN3O5/c1-3-27-12-23(7-13(8-23)11-33-2)28-10-15(19(29)20(30)18(28)22(27)32)21(31)26-9-14-5-4-6-16(24)17(14)25/h4-6,10,13,30H,3,7-9,11-12H2,1-2H3,(H,26,31)/t13-,23+. The second-order valence-corrected chi connectivity index (χ2v) is 9.02. The summed E-state index contributed by atoms with van der Waals surface area (Å²) in [6.07, 6.45) is 2.69. The predicted molar refractivity (Wildman–Crippen MR) is 119 cm³/mol. The maximum Gasteiger partial charge on any atom is 0.274 e. The lowest BCUT2D eigenvalue weighted by molar-refractivity contribution is -0.0224. The van der Waals surface area contributed by atoms with Crippen molar-refractivity contribution in [1.29, 1.82) is 0 Å². The topological polar surface area (TPSA) is 101 Å². The zero-order valence-electron chi connectivity index (χ0n) is 18.4. The molecule has 10 heteroatoms. The number of aromatic nitrogens is 1. The molecular formula is C23H25ClFN3O5. The molecule has 4 rings (SSSR count). The Morgan fingerprint density at radius 2 is 2.09 bits per heavy atom. The number of amides is 2. The molecule has 0 bridgehead atoms. The smallest absolute Gasteiger partial charge is 0.274 e. The zero-order valence-corrected chi connectivity index (χ0v) is 19.1. The highest BCUT2D eigenvalue weighted by Crippen LogP contribution is 2.48. The van der Waals surface area contributed by atoms with E-state index >= 15 is 0 Å². The number of nitrogens with zero attached hydrogens (tertiary/aromatic N) is 2.